The quantitative estimate of drug-likeness (QED) is 0.735. The summed E-state index contributed by atoms with van der Waals surface area (Å²) in [5, 5.41) is 3.45. The summed E-state index contributed by atoms with van der Waals surface area (Å²) < 4.78 is 2.61. The average molecular weight is 292 g/mol. The summed E-state index contributed by atoms with van der Waals surface area (Å²) in [5.41, 5.74) is 3.63. The Labute approximate surface area is 104 Å². The second-order valence-electron chi connectivity index (χ2n) is 3.94. The Kier molecular flexibility index (Phi) is 2.46. The molecule has 80 valence electrons. The first-order chi connectivity index (χ1) is 7.75. The van der Waals surface area contributed by atoms with Crippen LogP contribution in [0.2, 0.25) is 0 Å². The molecule has 0 amide bonds. The molecular weight excluding hydrogens is 281 g/mol. The van der Waals surface area contributed by atoms with Gasteiger partial charge in [-0.25, -0.2) is 0 Å². The Bertz CT molecular complexity index is 553. The molecule has 1 nitrogen and oxygen atoms in total. The van der Waals surface area contributed by atoms with Crippen molar-refractivity contribution in [2.24, 2.45) is 0 Å². The Morgan fingerprint density at radius 3 is 2.62 bits per heavy atom. The molecule has 3 heteroatoms. The van der Waals surface area contributed by atoms with Crippen molar-refractivity contribution < 1.29 is 0 Å². The van der Waals surface area contributed by atoms with E-state index in [1.807, 2.05) is 6.07 Å². The second-order valence-corrected chi connectivity index (χ2v) is 8.90. The van der Waals surface area contributed by atoms with Gasteiger partial charge >= 0.3 is 104 Å². The Balaban J connectivity index is 2.19. The van der Waals surface area contributed by atoms with Crippen LogP contribution in [0.25, 0.3) is 0 Å². The van der Waals surface area contributed by atoms with E-state index in [2.05, 4.69) is 48.6 Å². The molecular formula is C13H11AsClN. The number of nitrogens with one attached hydrogen (secondary N) is 1. The molecule has 1 aliphatic heterocycles. The number of hydrogen-bond donors (Lipinski definition) is 1. The van der Waals surface area contributed by atoms with E-state index >= 15 is 0 Å². The number of hydrogen-bond acceptors (Lipinski definition) is 1. The van der Waals surface area contributed by atoms with Crippen LogP contribution in [0.5, 0.6) is 0 Å². The number of halogens is 1. The van der Waals surface area contributed by atoms with Crippen LogP contribution in [0.15, 0.2) is 42.5 Å². The zero-order valence-electron chi connectivity index (χ0n) is 8.87. The van der Waals surface area contributed by atoms with E-state index in [4.69, 9.17) is 9.95 Å². The summed E-state index contributed by atoms with van der Waals surface area (Å²) in [6.45, 7) is 2.11. The fourth-order valence-corrected chi connectivity index (χ4v) is 6.53. The number of rotatable bonds is 0. The summed E-state index contributed by atoms with van der Waals surface area (Å²) in [5.74, 6) is 0. The SMILES string of the molecule is Cc1ccc2c(c1)[As](Cl)c1ccccc1N2. The maximum absolute atomic E-state index is 6.66. The molecule has 16 heavy (non-hydrogen) atoms. The van der Waals surface area contributed by atoms with Crippen molar-refractivity contribution in [2.45, 2.75) is 6.92 Å². The molecule has 0 fully saturated rings. The van der Waals surface area contributed by atoms with Gasteiger partial charge in [-0.15, -0.1) is 0 Å². The van der Waals surface area contributed by atoms with Gasteiger partial charge < -0.3 is 0 Å². The predicted octanol–water partition coefficient (Wildman–Crippen LogP) is 2.40. The van der Waals surface area contributed by atoms with Gasteiger partial charge in [0.2, 0.25) is 0 Å². The Morgan fingerprint density at radius 1 is 1.00 bits per heavy atom. The minimum atomic E-state index is -1.58. The van der Waals surface area contributed by atoms with E-state index in [1.165, 1.54) is 25.6 Å². The third-order valence-corrected chi connectivity index (χ3v) is 8.01. The van der Waals surface area contributed by atoms with Crippen molar-refractivity contribution in [3.63, 3.8) is 0 Å². The van der Waals surface area contributed by atoms with Crippen molar-refractivity contribution >= 4 is 43.7 Å². The van der Waals surface area contributed by atoms with Crippen LogP contribution >= 0.6 is 9.95 Å². The fourth-order valence-electron chi connectivity index (χ4n) is 1.94. The third kappa shape index (κ3) is 1.55. The Morgan fingerprint density at radius 2 is 1.75 bits per heavy atom. The zero-order chi connectivity index (χ0) is 11.1. The molecule has 0 radical (unpaired) electrons. The molecule has 1 heterocycles. The van der Waals surface area contributed by atoms with E-state index in [0.29, 0.717) is 0 Å². The number of anilines is 2. The van der Waals surface area contributed by atoms with Crippen LogP contribution in [0, 0.1) is 6.92 Å². The van der Waals surface area contributed by atoms with Crippen LogP contribution in [0.1, 0.15) is 5.56 Å². The molecule has 0 saturated heterocycles. The van der Waals surface area contributed by atoms with Gasteiger partial charge in [0.15, 0.2) is 0 Å². The van der Waals surface area contributed by atoms with E-state index in [1.54, 1.807) is 0 Å². The first-order valence-electron chi connectivity index (χ1n) is 5.18. The van der Waals surface area contributed by atoms with Crippen LogP contribution < -0.4 is 14.0 Å². The van der Waals surface area contributed by atoms with Crippen LogP contribution in [-0.2, 0) is 0 Å². The van der Waals surface area contributed by atoms with E-state index < -0.39 is 13.7 Å². The van der Waals surface area contributed by atoms with Crippen LogP contribution in [0.4, 0.5) is 11.4 Å². The minimum absolute atomic E-state index is 1.17. The van der Waals surface area contributed by atoms with E-state index in [9.17, 15) is 0 Å². The zero-order valence-corrected chi connectivity index (χ0v) is 11.5. The van der Waals surface area contributed by atoms with Gasteiger partial charge in [0, 0.05) is 0 Å². The van der Waals surface area contributed by atoms with Crippen molar-refractivity contribution in [2.75, 3.05) is 5.32 Å². The third-order valence-electron chi connectivity index (χ3n) is 2.75. The van der Waals surface area contributed by atoms with Crippen molar-refractivity contribution in [1.29, 1.82) is 0 Å². The Hall–Kier alpha value is -0.912. The van der Waals surface area contributed by atoms with Gasteiger partial charge in [-0.1, -0.05) is 0 Å². The van der Waals surface area contributed by atoms with E-state index in [0.717, 1.165) is 0 Å². The summed E-state index contributed by atoms with van der Waals surface area (Å²) >= 11 is -1.58. The van der Waals surface area contributed by atoms with Gasteiger partial charge in [-0.05, 0) is 0 Å². The topological polar surface area (TPSA) is 12.0 Å². The van der Waals surface area contributed by atoms with Crippen LogP contribution in [-0.4, -0.2) is 13.7 Å². The summed E-state index contributed by atoms with van der Waals surface area (Å²) in [6, 6.07) is 14.8. The number of aryl methyl sites for hydroxylation is 1. The van der Waals surface area contributed by atoms with E-state index in [-0.39, 0.29) is 0 Å². The molecule has 0 saturated carbocycles. The number of para-hydroxylation sites is 1. The number of benzene rings is 2. The molecule has 1 unspecified atom stereocenters. The molecule has 0 spiro atoms. The molecule has 0 bridgehead atoms. The number of fused-ring (bicyclic) bond motifs is 2. The molecule has 1 aliphatic rings. The first-order valence-corrected chi connectivity index (χ1v) is 9.52. The monoisotopic (exact) mass is 291 g/mol. The fraction of sp³-hybridized carbons (Fsp3) is 0.0769. The average Bonchev–Trinajstić information content (AvgIpc) is 2.31. The van der Waals surface area contributed by atoms with Crippen molar-refractivity contribution in [1.82, 2.24) is 0 Å². The molecule has 2 aromatic carbocycles. The van der Waals surface area contributed by atoms with Crippen LogP contribution in [0.3, 0.4) is 0 Å². The van der Waals surface area contributed by atoms with Gasteiger partial charge in [-0.2, -0.15) is 0 Å². The first kappa shape index (κ1) is 10.3. The second kappa shape index (κ2) is 3.83. The summed E-state index contributed by atoms with van der Waals surface area (Å²) in [4.78, 5) is 0. The molecule has 0 aliphatic carbocycles. The normalized spacial score (nSPS) is 17.2. The summed E-state index contributed by atoms with van der Waals surface area (Å²) in [7, 11) is 6.66. The molecule has 0 aromatic heterocycles. The summed E-state index contributed by atoms with van der Waals surface area (Å²) in [6.07, 6.45) is 0. The maximum atomic E-state index is 6.66. The van der Waals surface area contributed by atoms with Gasteiger partial charge in [0.05, 0.1) is 0 Å². The van der Waals surface area contributed by atoms with Crippen molar-refractivity contribution in [3.8, 4) is 0 Å². The molecule has 3 rings (SSSR count). The van der Waals surface area contributed by atoms with Gasteiger partial charge in [0.25, 0.3) is 0 Å². The van der Waals surface area contributed by atoms with Crippen molar-refractivity contribution in [3.05, 3.63) is 48.0 Å². The molecule has 1 N–H and O–H groups in total. The standard InChI is InChI=1S/C13H11AsClN/c1-9-6-7-13-11(8-9)14(15)10-4-2-3-5-12(10)16-13/h2-8,16H,1H3. The molecule has 1 atom stereocenters. The van der Waals surface area contributed by atoms with Gasteiger partial charge in [-0.3, -0.25) is 0 Å². The molecule has 2 aromatic rings. The van der Waals surface area contributed by atoms with Gasteiger partial charge in [0.1, 0.15) is 0 Å². The predicted molar refractivity (Wildman–Crippen MR) is 71.8 cm³/mol.